The lowest BCUT2D eigenvalue weighted by atomic mass is 9.99. The van der Waals surface area contributed by atoms with Gasteiger partial charge < -0.3 is 5.73 Å². The Bertz CT molecular complexity index is 478. The Morgan fingerprint density at radius 3 is 2.47 bits per heavy atom. The van der Waals surface area contributed by atoms with E-state index in [1.807, 2.05) is 0 Å². The Labute approximate surface area is 105 Å². The summed E-state index contributed by atoms with van der Waals surface area (Å²) in [5.41, 5.74) is 4.99. The maximum absolute atomic E-state index is 12.8. The highest BCUT2D eigenvalue weighted by Gasteiger charge is 2.33. The average molecular weight is 307 g/mol. The zero-order valence-corrected chi connectivity index (χ0v) is 10.5. The first kappa shape index (κ1) is 13.8. The molecule has 0 amide bonds. The van der Waals surface area contributed by atoms with Crippen LogP contribution in [0.15, 0.2) is 24.3 Å². The molecular formula is C11H10BrF3N2. The van der Waals surface area contributed by atoms with E-state index in [1.54, 1.807) is 0 Å². The Kier molecular flexibility index (Phi) is 3.98. The van der Waals surface area contributed by atoms with Gasteiger partial charge in [0, 0.05) is 5.69 Å². The van der Waals surface area contributed by atoms with Crippen molar-refractivity contribution in [1.82, 2.24) is 0 Å². The van der Waals surface area contributed by atoms with E-state index in [0.29, 0.717) is 5.57 Å². The van der Waals surface area contributed by atoms with E-state index in [4.69, 9.17) is 11.1 Å². The van der Waals surface area contributed by atoms with E-state index in [1.165, 1.54) is 25.1 Å². The molecule has 0 aromatic heterocycles. The summed E-state index contributed by atoms with van der Waals surface area (Å²) >= 11 is 2.86. The van der Waals surface area contributed by atoms with Crippen molar-refractivity contribution in [2.24, 2.45) is 0 Å². The second-order valence-electron chi connectivity index (χ2n) is 3.48. The minimum absolute atomic E-state index is 0.0138. The third-order valence-corrected chi connectivity index (χ3v) is 2.35. The van der Waals surface area contributed by atoms with Gasteiger partial charge in [-0.05, 0) is 52.2 Å². The fourth-order valence-electron chi connectivity index (χ4n) is 1.41. The quantitative estimate of drug-likeness (QED) is 0.628. The largest absolute Gasteiger partial charge is 0.417 e. The lowest BCUT2D eigenvalue weighted by Gasteiger charge is -2.13. The number of nitrogens with two attached hydrogens (primary N) is 1. The first-order valence-electron chi connectivity index (χ1n) is 4.61. The number of halogens is 4. The highest BCUT2D eigenvalue weighted by molar-refractivity contribution is 9.18. The standard InChI is InChI=1S/C11H10BrF3N2/c1-6(4-10(12)17)8-3-2-7(16)5-9(8)11(13,14)15/h2-5,17H,16H2,1H3/b6-4+,17-10?. The molecule has 0 radical (unpaired) electrons. The van der Waals surface area contributed by atoms with E-state index < -0.39 is 11.7 Å². The van der Waals surface area contributed by atoms with E-state index in [-0.39, 0.29) is 15.9 Å². The molecular weight excluding hydrogens is 297 g/mol. The summed E-state index contributed by atoms with van der Waals surface area (Å²) in [5.74, 6) is 0. The van der Waals surface area contributed by atoms with Crippen molar-refractivity contribution < 1.29 is 13.2 Å². The number of benzene rings is 1. The van der Waals surface area contributed by atoms with Crippen molar-refractivity contribution in [2.45, 2.75) is 13.1 Å². The number of anilines is 1. The third-order valence-electron chi connectivity index (χ3n) is 2.12. The van der Waals surface area contributed by atoms with Crippen LogP contribution in [0.4, 0.5) is 18.9 Å². The fourth-order valence-corrected chi connectivity index (χ4v) is 1.75. The van der Waals surface area contributed by atoms with Crippen LogP contribution in [-0.4, -0.2) is 4.62 Å². The van der Waals surface area contributed by atoms with E-state index in [2.05, 4.69) is 15.9 Å². The molecule has 1 rings (SSSR count). The average Bonchev–Trinajstić information content (AvgIpc) is 2.14. The number of nitrogen functional groups attached to an aromatic ring is 1. The second-order valence-corrected chi connectivity index (χ2v) is 4.33. The molecule has 1 aromatic carbocycles. The van der Waals surface area contributed by atoms with Crippen LogP contribution in [0.5, 0.6) is 0 Å². The first-order valence-corrected chi connectivity index (χ1v) is 5.40. The van der Waals surface area contributed by atoms with Gasteiger partial charge in [-0.2, -0.15) is 13.2 Å². The van der Waals surface area contributed by atoms with Crippen LogP contribution in [0.3, 0.4) is 0 Å². The monoisotopic (exact) mass is 306 g/mol. The zero-order chi connectivity index (χ0) is 13.2. The van der Waals surface area contributed by atoms with Gasteiger partial charge in [0.1, 0.15) is 0 Å². The number of rotatable bonds is 2. The topological polar surface area (TPSA) is 49.9 Å². The highest BCUT2D eigenvalue weighted by Crippen LogP contribution is 2.36. The summed E-state index contributed by atoms with van der Waals surface area (Å²) in [4.78, 5) is 0. The summed E-state index contributed by atoms with van der Waals surface area (Å²) in [5, 5.41) is 7.18. The predicted octanol–water partition coefficient (Wildman–Crippen LogP) is 4.06. The Morgan fingerprint density at radius 2 is 2.00 bits per heavy atom. The molecule has 1 aromatic rings. The van der Waals surface area contributed by atoms with Crippen molar-refractivity contribution in [2.75, 3.05) is 5.73 Å². The summed E-state index contributed by atoms with van der Waals surface area (Å²) in [6.07, 6.45) is -3.16. The van der Waals surface area contributed by atoms with E-state index in [0.717, 1.165) is 6.07 Å². The van der Waals surface area contributed by atoms with Gasteiger partial charge in [0.2, 0.25) is 0 Å². The molecule has 0 saturated carbocycles. The summed E-state index contributed by atoms with van der Waals surface area (Å²) in [6.45, 7) is 1.51. The Morgan fingerprint density at radius 1 is 1.41 bits per heavy atom. The lowest BCUT2D eigenvalue weighted by Crippen LogP contribution is -2.09. The molecule has 0 aliphatic carbocycles. The summed E-state index contributed by atoms with van der Waals surface area (Å²) < 4.78 is 38.3. The van der Waals surface area contributed by atoms with Gasteiger partial charge >= 0.3 is 6.18 Å². The fraction of sp³-hybridized carbons (Fsp3) is 0.182. The minimum Gasteiger partial charge on any atom is -0.399 e. The Hall–Kier alpha value is -1.30. The maximum Gasteiger partial charge on any atom is 0.417 e. The normalized spacial score (nSPS) is 12.6. The van der Waals surface area contributed by atoms with Gasteiger partial charge in [0.05, 0.1) is 10.2 Å². The van der Waals surface area contributed by atoms with Crippen molar-refractivity contribution in [3.05, 3.63) is 35.4 Å². The molecule has 0 aliphatic heterocycles. The van der Waals surface area contributed by atoms with E-state index >= 15 is 0 Å². The molecule has 17 heavy (non-hydrogen) atoms. The van der Waals surface area contributed by atoms with Crippen LogP contribution in [0, 0.1) is 5.41 Å². The van der Waals surface area contributed by atoms with Gasteiger partial charge in [0.25, 0.3) is 0 Å². The van der Waals surface area contributed by atoms with Gasteiger partial charge in [-0.1, -0.05) is 6.07 Å². The van der Waals surface area contributed by atoms with Gasteiger partial charge in [-0.3, -0.25) is 5.41 Å². The molecule has 0 aliphatic rings. The lowest BCUT2D eigenvalue weighted by molar-refractivity contribution is -0.137. The molecule has 0 heterocycles. The van der Waals surface area contributed by atoms with Crippen LogP contribution in [0.2, 0.25) is 0 Å². The number of alkyl halides is 3. The first-order chi connectivity index (χ1) is 7.71. The third kappa shape index (κ3) is 3.59. The van der Waals surface area contributed by atoms with Crippen molar-refractivity contribution in [3.8, 4) is 0 Å². The molecule has 0 spiro atoms. The minimum atomic E-state index is -4.46. The molecule has 0 unspecified atom stereocenters. The SMILES string of the molecule is C/C(=C\C(=N)Br)c1ccc(N)cc1C(F)(F)F. The van der Waals surface area contributed by atoms with Crippen molar-refractivity contribution >= 4 is 31.8 Å². The van der Waals surface area contributed by atoms with Gasteiger partial charge in [0.15, 0.2) is 0 Å². The van der Waals surface area contributed by atoms with Crippen molar-refractivity contribution in [3.63, 3.8) is 0 Å². The molecule has 3 N–H and O–H groups in total. The highest BCUT2D eigenvalue weighted by atomic mass is 79.9. The molecule has 6 heteroatoms. The summed E-state index contributed by atoms with van der Waals surface area (Å²) in [7, 11) is 0. The maximum atomic E-state index is 12.8. The van der Waals surface area contributed by atoms with Crippen LogP contribution in [-0.2, 0) is 6.18 Å². The van der Waals surface area contributed by atoms with Gasteiger partial charge in [-0.15, -0.1) is 0 Å². The Balaban J connectivity index is 3.39. The molecule has 0 fully saturated rings. The van der Waals surface area contributed by atoms with Crippen LogP contribution in [0.25, 0.3) is 5.57 Å². The molecule has 0 bridgehead atoms. The van der Waals surface area contributed by atoms with Gasteiger partial charge in [-0.25, -0.2) is 0 Å². The predicted molar refractivity (Wildman–Crippen MR) is 66.2 cm³/mol. The second kappa shape index (κ2) is 4.91. The number of allylic oxidation sites excluding steroid dienone is 2. The van der Waals surface area contributed by atoms with E-state index in [9.17, 15) is 13.2 Å². The molecule has 2 nitrogen and oxygen atoms in total. The molecule has 0 atom stereocenters. The number of hydrogen-bond donors (Lipinski definition) is 2. The van der Waals surface area contributed by atoms with Crippen LogP contribution in [0.1, 0.15) is 18.1 Å². The molecule has 92 valence electrons. The number of nitrogens with one attached hydrogen (secondary N) is 1. The molecule has 0 saturated heterocycles. The zero-order valence-electron chi connectivity index (χ0n) is 8.90. The summed E-state index contributed by atoms with van der Waals surface area (Å²) in [6, 6.07) is 3.60. The van der Waals surface area contributed by atoms with Crippen LogP contribution >= 0.6 is 15.9 Å². The number of hydrogen-bond acceptors (Lipinski definition) is 2. The smallest absolute Gasteiger partial charge is 0.399 e. The van der Waals surface area contributed by atoms with Crippen LogP contribution < -0.4 is 5.73 Å². The van der Waals surface area contributed by atoms with Crippen molar-refractivity contribution in [1.29, 1.82) is 5.41 Å².